The van der Waals surface area contributed by atoms with E-state index < -0.39 is 48.6 Å². The number of alkyl halides is 4. The van der Waals surface area contributed by atoms with E-state index in [-0.39, 0.29) is 12.4 Å². The topological polar surface area (TPSA) is 73.8 Å². The van der Waals surface area contributed by atoms with Gasteiger partial charge >= 0.3 is 19.3 Å². The molecule has 0 aliphatic heterocycles. The molecule has 3 aromatic carbocycles. The second-order valence-electron chi connectivity index (χ2n) is 11.1. The van der Waals surface area contributed by atoms with Crippen molar-refractivity contribution in [3.05, 3.63) is 149 Å². The minimum absolute atomic E-state index is 0.00852. The Balaban J connectivity index is 1.52. The molecular weight excluding hydrogens is 645 g/mol. The summed E-state index contributed by atoms with van der Waals surface area (Å²) in [5.41, 5.74) is 3.59. The monoisotopic (exact) mass is 677 g/mol. The van der Waals surface area contributed by atoms with Crippen LogP contribution in [-0.4, -0.2) is 29.3 Å². The van der Waals surface area contributed by atoms with Crippen LogP contribution >= 0.6 is 0 Å². The minimum atomic E-state index is -3.29. The molecule has 254 valence electrons. The predicted octanol–water partition coefficient (Wildman–Crippen LogP) is 9.41. The van der Waals surface area contributed by atoms with Crippen LogP contribution in [0.2, 0.25) is 0 Å². The second-order valence-corrected chi connectivity index (χ2v) is 11.1. The molecule has 0 spiro atoms. The zero-order valence-corrected chi connectivity index (χ0v) is 26.5. The van der Waals surface area contributed by atoms with Crippen molar-refractivity contribution in [3.63, 3.8) is 0 Å². The van der Waals surface area contributed by atoms with Crippen molar-refractivity contribution >= 4 is 11.9 Å². The number of hydrogen-bond donors (Lipinski definition) is 0. The number of carbonyl (C=O) groups excluding carboxylic acids is 1. The molecule has 7 nitrogen and oxygen atoms in total. The fraction of sp³-hybridized carbons (Fsp3) is 0.216. The van der Waals surface area contributed by atoms with Crippen molar-refractivity contribution in [2.24, 2.45) is 0 Å². The van der Waals surface area contributed by atoms with Gasteiger partial charge in [0.05, 0.1) is 6.04 Å². The largest absolute Gasteiger partial charge is 0.444 e. The number of nitrogens with zero attached hydrogens (tertiary/aromatic N) is 3. The number of hydrogen-bond acceptors (Lipinski definition) is 6. The fourth-order valence-corrected chi connectivity index (χ4v) is 5.51. The normalized spacial score (nSPS) is 12.4. The number of aromatic nitrogens is 2. The van der Waals surface area contributed by atoms with Crippen molar-refractivity contribution in [3.8, 4) is 11.5 Å². The summed E-state index contributed by atoms with van der Waals surface area (Å²) in [6.45, 7) is -3.19. The van der Waals surface area contributed by atoms with Crippen molar-refractivity contribution in [2.45, 2.75) is 52.1 Å². The lowest BCUT2D eigenvalue weighted by Gasteiger charge is -2.29. The van der Waals surface area contributed by atoms with E-state index in [1.165, 1.54) is 29.3 Å². The molecule has 2 unspecified atom stereocenters. The lowest BCUT2D eigenvalue weighted by Crippen LogP contribution is -2.35. The van der Waals surface area contributed by atoms with Crippen molar-refractivity contribution < 1.29 is 41.0 Å². The van der Waals surface area contributed by atoms with E-state index in [1.807, 2.05) is 30.3 Å². The van der Waals surface area contributed by atoms with E-state index in [0.29, 0.717) is 28.7 Å². The highest BCUT2D eigenvalue weighted by molar-refractivity contribution is 5.87. The van der Waals surface area contributed by atoms with E-state index in [4.69, 9.17) is 4.74 Å². The van der Waals surface area contributed by atoms with Crippen molar-refractivity contribution in [1.82, 2.24) is 9.97 Å². The number of benzene rings is 3. The van der Waals surface area contributed by atoms with Crippen molar-refractivity contribution in [1.29, 1.82) is 0 Å². The SMILES string of the molecule is Cc1c(F)cccc1C(C)N(C(=O)OCc1ccccc1)c1ccc(C(Cc2ccncc2)c2ccc(OC(F)F)c(OC(F)F)c2)cn1. The Bertz CT molecular complexity index is 1830. The molecule has 2 heterocycles. The van der Waals surface area contributed by atoms with Gasteiger partial charge in [-0.3, -0.25) is 9.88 Å². The molecule has 2 aromatic heterocycles. The molecule has 1 amide bonds. The van der Waals surface area contributed by atoms with Gasteiger partial charge in [0, 0.05) is 24.5 Å². The highest BCUT2D eigenvalue weighted by Crippen LogP contribution is 2.38. The van der Waals surface area contributed by atoms with E-state index >= 15 is 0 Å². The zero-order valence-electron chi connectivity index (χ0n) is 26.5. The molecule has 0 saturated carbocycles. The molecule has 2 atom stereocenters. The highest BCUT2D eigenvalue weighted by atomic mass is 19.3. The van der Waals surface area contributed by atoms with E-state index in [0.717, 1.165) is 17.2 Å². The van der Waals surface area contributed by atoms with Gasteiger partial charge in [0.15, 0.2) is 11.5 Å². The standard InChI is InChI=1S/C37H32F5N3O4/c1-23-29(9-6-10-31(23)38)24(2)45(37(46)47-22-26-7-4-3-5-8-26)34-14-12-28(21-44-34)30(19-25-15-17-43-18-16-25)27-11-13-32(48-35(39)40)33(20-27)49-36(41)42/h3-18,20-21,24,30,35-36H,19,22H2,1-2H3. The zero-order chi connectivity index (χ0) is 34.9. The van der Waals surface area contributed by atoms with Gasteiger partial charge in [-0.05, 0) is 90.0 Å². The summed E-state index contributed by atoms with van der Waals surface area (Å²) in [5.74, 6) is -1.84. The van der Waals surface area contributed by atoms with Crippen LogP contribution in [0.15, 0.2) is 110 Å². The van der Waals surface area contributed by atoms with Gasteiger partial charge in [-0.15, -0.1) is 0 Å². The van der Waals surface area contributed by atoms with E-state index in [9.17, 15) is 26.7 Å². The predicted molar refractivity (Wildman–Crippen MR) is 172 cm³/mol. The van der Waals surface area contributed by atoms with Gasteiger partial charge in [0.1, 0.15) is 18.2 Å². The molecule has 5 aromatic rings. The number of halogens is 5. The number of anilines is 1. The van der Waals surface area contributed by atoms with Crippen LogP contribution < -0.4 is 14.4 Å². The molecule has 5 rings (SSSR count). The molecular formula is C37H32F5N3O4. The Morgan fingerprint density at radius 2 is 1.49 bits per heavy atom. The summed E-state index contributed by atoms with van der Waals surface area (Å²) in [4.78, 5) is 23.7. The molecule has 0 aliphatic carbocycles. The summed E-state index contributed by atoms with van der Waals surface area (Å²) in [6.07, 6.45) is 4.37. The Morgan fingerprint density at radius 3 is 2.16 bits per heavy atom. The molecule has 12 heteroatoms. The summed E-state index contributed by atoms with van der Waals surface area (Å²) >= 11 is 0. The van der Waals surface area contributed by atoms with Gasteiger partial charge in [0.25, 0.3) is 0 Å². The van der Waals surface area contributed by atoms with Gasteiger partial charge in [-0.25, -0.2) is 14.2 Å². The maximum atomic E-state index is 14.6. The van der Waals surface area contributed by atoms with Gasteiger partial charge in [-0.2, -0.15) is 17.6 Å². The smallest absolute Gasteiger partial charge is 0.416 e. The van der Waals surface area contributed by atoms with Crippen molar-refractivity contribution in [2.75, 3.05) is 4.90 Å². The molecule has 0 aliphatic rings. The second kappa shape index (κ2) is 16.1. The number of carbonyl (C=O) groups is 1. The summed E-state index contributed by atoms with van der Waals surface area (Å²) in [5, 5.41) is 0. The van der Waals surface area contributed by atoms with Crippen LogP contribution in [0.4, 0.5) is 32.6 Å². The van der Waals surface area contributed by atoms with Crippen LogP contribution in [0.25, 0.3) is 0 Å². The summed E-state index contributed by atoms with van der Waals surface area (Å²) in [7, 11) is 0. The molecule has 49 heavy (non-hydrogen) atoms. The van der Waals surface area contributed by atoms with E-state index in [2.05, 4.69) is 19.4 Å². The quantitative estimate of drug-likeness (QED) is 0.116. The van der Waals surface area contributed by atoms with Crippen LogP contribution in [0.1, 0.15) is 52.3 Å². The molecule has 0 bridgehead atoms. The maximum Gasteiger partial charge on any atom is 0.416 e. The van der Waals surface area contributed by atoms with Crippen LogP contribution in [0.3, 0.4) is 0 Å². The Morgan fingerprint density at radius 1 is 0.796 bits per heavy atom. The Hall–Kier alpha value is -5.52. The van der Waals surface area contributed by atoms with Crippen LogP contribution in [0.5, 0.6) is 11.5 Å². The average molecular weight is 678 g/mol. The first-order chi connectivity index (χ1) is 23.6. The highest BCUT2D eigenvalue weighted by Gasteiger charge is 2.29. The Kier molecular flexibility index (Phi) is 11.4. The van der Waals surface area contributed by atoms with Gasteiger partial charge in [0.2, 0.25) is 0 Å². The fourth-order valence-electron chi connectivity index (χ4n) is 5.51. The number of ether oxygens (including phenoxy) is 3. The summed E-state index contributed by atoms with van der Waals surface area (Å²) < 4.78 is 81.8. The number of pyridine rings is 2. The molecule has 0 radical (unpaired) electrons. The first-order valence-electron chi connectivity index (χ1n) is 15.2. The lowest BCUT2D eigenvalue weighted by molar-refractivity contribution is -0.0692. The average Bonchev–Trinajstić information content (AvgIpc) is 3.09. The summed E-state index contributed by atoms with van der Waals surface area (Å²) in [6, 6.07) is 23.8. The molecule has 0 N–H and O–H groups in total. The van der Waals surface area contributed by atoms with Crippen LogP contribution in [-0.2, 0) is 17.8 Å². The number of amides is 1. The first kappa shape index (κ1) is 34.8. The third-order valence-electron chi connectivity index (χ3n) is 7.96. The van der Waals surface area contributed by atoms with Gasteiger partial charge < -0.3 is 14.2 Å². The first-order valence-corrected chi connectivity index (χ1v) is 15.2. The Labute approximate surface area is 279 Å². The van der Waals surface area contributed by atoms with E-state index in [1.54, 1.807) is 62.6 Å². The minimum Gasteiger partial charge on any atom is -0.444 e. The maximum absolute atomic E-state index is 14.6. The van der Waals surface area contributed by atoms with Gasteiger partial charge in [-0.1, -0.05) is 54.6 Å². The molecule has 0 saturated heterocycles. The third-order valence-corrected chi connectivity index (χ3v) is 7.96. The third kappa shape index (κ3) is 8.89. The van der Waals surface area contributed by atoms with Crippen LogP contribution in [0, 0.1) is 12.7 Å². The molecule has 0 fully saturated rings. The lowest BCUT2D eigenvalue weighted by atomic mass is 9.86. The number of rotatable bonds is 13.